The van der Waals surface area contributed by atoms with E-state index in [1.165, 1.54) is 12.1 Å². The van der Waals surface area contributed by atoms with Crippen LogP contribution in [0.5, 0.6) is 0 Å². The summed E-state index contributed by atoms with van der Waals surface area (Å²) in [6.45, 7) is 4.75. The zero-order valence-electron chi connectivity index (χ0n) is 10.4. The summed E-state index contributed by atoms with van der Waals surface area (Å²) in [4.78, 5) is 0.179. The fourth-order valence-electron chi connectivity index (χ4n) is 1.60. The molecule has 106 valence electrons. The molecule has 1 atom stereocenters. The van der Waals surface area contributed by atoms with E-state index in [0.717, 1.165) is 18.5 Å². The molecule has 0 bridgehead atoms. The minimum absolute atomic E-state index is 0.0510. The number of nitrogens with one attached hydrogen (secondary N) is 1. The van der Waals surface area contributed by atoms with Gasteiger partial charge < -0.3 is 11.1 Å². The Bertz CT molecular complexity index is 390. The van der Waals surface area contributed by atoms with E-state index in [4.69, 9.17) is 5.73 Å². The highest BCUT2D eigenvalue weighted by atomic mass is 32.2. The summed E-state index contributed by atoms with van der Waals surface area (Å²) in [6.07, 6.45) is 2.61. The van der Waals surface area contributed by atoms with Crippen LogP contribution in [-0.4, -0.2) is 18.6 Å². The molecule has 6 heteroatoms. The van der Waals surface area contributed by atoms with E-state index in [2.05, 4.69) is 11.9 Å². The summed E-state index contributed by atoms with van der Waals surface area (Å²) in [5, 5.41) is 3.23. The molecule has 0 fully saturated rings. The summed E-state index contributed by atoms with van der Waals surface area (Å²) in [7, 11) is 0. The highest BCUT2D eigenvalue weighted by Gasteiger charge is 2.29. The minimum atomic E-state index is -4.25. The Hall–Kier alpha value is -0.980. The maximum absolute atomic E-state index is 12.2. The highest BCUT2D eigenvalue weighted by Crippen LogP contribution is 2.36. The first-order valence-corrected chi connectivity index (χ1v) is 6.68. The standard InChI is InChI=1S/C13H17F3N2S/c1-2-3-8-18-12(9-17)10-4-6-11(7-5-10)19-13(14,15)16/h2,4-7,12,18H,1,3,8-9,17H2. The molecule has 0 aliphatic heterocycles. The van der Waals surface area contributed by atoms with Crippen molar-refractivity contribution in [2.75, 3.05) is 13.1 Å². The van der Waals surface area contributed by atoms with Crippen LogP contribution in [0.1, 0.15) is 18.0 Å². The van der Waals surface area contributed by atoms with Gasteiger partial charge in [-0.1, -0.05) is 18.2 Å². The molecule has 0 aromatic heterocycles. The average Bonchev–Trinajstić information content (AvgIpc) is 2.34. The van der Waals surface area contributed by atoms with Crippen molar-refractivity contribution >= 4 is 11.8 Å². The molecule has 0 spiro atoms. The lowest BCUT2D eigenvalue weighted by Gasteiger charge is -2.17. The maximum atomic E-state index is 12.2. The molecule has 0 amide bonds. The fraction of sp³-hybridized carbons (Fsp3) is 0.385. The maximum Gasteiger partial charge on any atom is 0.446 e. The van der Waals surface area contributed by atoms with E-state index in [1.54, 1.807) is 18.2 Å². The summed E-state index contributed by atoms with van der Waals surface area (Å²) >= 11 is -0.115. The fourth-order valence-corrected chi connectivity index (χ4v) is 2.14. The summed E-state index contributed by atoms with van der Waals surface area (Å²) in [5.74, 6) is 0. The van der Waals surface area contributed by atoms with E-state index in [0.29, 0.717) is 6.54 Å². The van der Waals surface area contributed by atoms with Crippen molar-refractivity contribution in [3.63, 3.8) is 0 Å². The van der Waals surface area contributed by atoms with Gasteiger partial charge >= 0.3 is 5.51 Å². The molecule has 1 rings (SSSR count). The van der Waals surface area contributed by atoms with Gasteiger partial charge in [0.25, 0.3) is 0 Å². The Morgan fingerprint density at radius 3 is 2.42 bits per heavy atom. The molecule has 3 N–H and O–H groups in total. The van der Waals surface area contributed by atoms with E-state index in [-0.39, 0.29) is 22.7 Å². The zero-order chi connectivity index (χ0) is 14.3. The molecular weight excluding hydrogens is 273 g/mol. The largest absolute Gasteiger partial charge is 0.446 e. The van der Waals surface area contributed by atoms with Crippen LogP contribution in [0, 0.1) is 0 Å². The van der Waals surface area contributed by atoms with Gasteiger partial charge in [-0.05, 0) is 42.4 Å². The molecule has 1 aromatic rings. The third kappa shape index (κ3) is 6.13. The molecule has 0 aliphatic rings. The van der Waals surface area contributed by atoms with Crippen LogP contribution < -0.4 is 11.1 Å². The number of rotatable bonds is 7. The van der Waals surface area contributed by atoms with Crippen LogP contribution in [0.3, 0.4) is 0 Å². The van der Waals surface area contributed by atoms with Gasteiger partial charge in [-0.2, -0.15) is 13.2 Å². The number of halogens is 3. The number of hydrogen-bond acceptors (Lipinski definition) is 3. The summed E-state index contributed by atoms with van der Waals surface area (Å²) in [5.41, 5.74) is 2.29. The van der Waals surface area contributed by atoms with Crippen LogP contribution in [0.2, 0.25) is 0 Å². The molecule has 0 aliphatic carbocycles. The van der Waals surface area contributed by atoms with Crippen molar-refractivity contribution in [2.24, 2.45) is 5.73 Å². The number of hydrogen-bond donors (Lipinski definition) is 2. The average molecular weight is 290 g/mol. The van der Waals surface area contributed by atoms with Crippen LogP contribution >= 0.6 is 11.8 Å². The van der Waals surface area contributed by atoms with Crippen molar-refractivity contribution in [3.05, 3.63) is 42.5 Å². The predicted molar refractivity (Wildman–Crippen MR) is 73.0 cm³/mol. The Kier molecular flexibility index (Phi) is 6.41. The second-order valence-corrected chi connectivity index (χ2v) is 5.08. The van der Waals surface area contributed by atoms with E-state index in [1.807, 2.05) is 0 Å². The molecule has 0 radical (unpaired) electrons. The third-order valence-corrected chi connectivity index (χ3v) is 3.23. The number of alkyl halides is 3. The van der Waals surface area contributed by atoms with E-state index in [9.17, 15) is 13.2 Å². The van der Waals surface area contributed by atoms with Crippen molar-refractivity contribution < 1.29 is 13.2 Å². The molecule has 2 nitrogen and oxygen atoms in total. The van der Waals surface area contributed by atoms with Gasteiger partial charge in [-0.3, -0.25) is 0 Å². The van der Waals surface area contributed by atoms with Crippen molar-refractivity contribution in [2.45, 2.75) is 22.9 Å². The van der Waals surface area contributed by atoms with Crippen molar-refractivity contribution in [3.8, 4) is 0 Å². The van der Waals surface area contributed by atoms with E-state index >= 15 is 0 Å². The predicted octanol–water partition coefficient (Wildman–Crippen LogP) is 3.46. The Morgan fingerprint density at radius 1 is 1.32 bits per heavy atom. The first kappa shape index (κ1) is 16.1. The van der Waals surface area contributed by atoms with Crippen LogP contribution in [0.25, 0.3) is 0 Å². The smallest absolute Gasteiger partial charge is 0.329 e. The number of nitrogens with two attached hydrogens (primary N) is 1. The summed E-state index contributed by atoms with van der Waals surface area (Å²) < 4.78 is 36.6. The second-order valence-electron chi connectivity index (χ2n) is 3.94. The van der Waals surface area contributed by atoms with Crippen LogP contribution in [0.4, 0.5) is 13.2 Å². The van der Waals surface area contributed by atoms with Gasteiger partial charge in [0.1, 0.15) is 0 Å². The van der Waals surface area contributed by atoms with Gasteiger partial charge in [0.15, 0.2) is 0 Å². The Morgan fingerprint density at radius 2 is 1.95 bits per heavy atom. The van der Waals surface area contributed by atoms with Gasteiger partial charge in [0, 0.05) is 17.5 Å². The zero-order valence-corrected chi connectivity index (χ0v) is 11.2. The highest BCUT2D eigenvalue weighted by molar-refractivity contribution is 8.00. The van der Waals surface area contributed by atoms with Gasteiger partial charge in [-0.25, -0.2) is 0 Å². The second kappa shape index (κ2) is 7.57. The van der Waals surface area contributed by atoms with Crippen molar-refractivity contribution in [1.29, 1.82) is 0 Å². The van der Waals surface area contributed by atoms with Gasteiger partial charge in [0.2, 0.25) is 0 Å². The molecular formula is C13H17F3N2S. The Labute approximate surface area is 115 Å². The number of thioether (sulfide) groups is 1. The molecule has 19 heavy (non-hydrogen) atoms. The quantitative estimate of drug-likeness (QED) is 0.459. The van der Waals surface area contributed by atoms with E-state index < -0.39 is 5.51 Å². The third-order valence-electron chi connectivity index (χ3n) is 2.49. The molecule has 0 saturated heterocycles. The lowest BCUT2D eigenvalue weighted by Crippen LogP contribution is -2.28. The lowest BCUT2D eigenvalue weighted by atomic mass is 10.1. The molecule has 0 saturated carbocycles. The molecule has 1 aromatic carbocycles. The van der Waals surface area contributed by atoms with Crippen LogP contribution in [0.15, 0.2) is 41.8 Å². The Balaban J connectivity index is 2.65. The molecule has 1 unspecified atom stereocenters. The summed E-state index contributed by atoms with van der Waals surface area (Å²) in [6, 6.07) is 6.22. The first-order chi connectivity index (χ1) is 8.96. The SMILES string of the molecule is C=CCCNC(CN)c1ccc(SC(F)(F)F)cc1. The first-order valence-electron chi connectivity index (χ1n) is 5.86. The van der Waals surface area contributed by atoms with Gasteiger partial charge in [0.05, 0.1) is 0 Å². The van der Waals surface area contributed by atoms with Crippen LogP contribution in [-0.2, 0) is 0 Å². The minimum Gasteiger partial charge on any atom is -0.329 e. The lowest BCUT2D eigenvalue weighted by molar-refractivity contribution is -0.0328. The number of benzene rings is 1. The van der Waals surface area contributed by atoms with Crippen molar-refractivity contribution in [1.82, 2.24) is 5.32 Å². The monoisotopic (exact) mass is 290 g/mol. The topological polar surface area (TPSA) is 38.0 Å². The normalized spacial score (nSPS) is 13.3. The van der Waals surface area contributed by atoms with Gasteiger partial charge in [-0.15, -0.1) is 6.58 Å². The molecule has 0 heterocycles.